The Labute approximate surface area is 292 Å². The highest BCUT2D eigenvalue weighted by Gasteiger charge is 2.32. The molecular weight excluding hydrogens is 672 g/mol. The fraction of sp³-hybridized carbons (Fsp3) is 0.194. The lowest BCUT2D eigenvalue weighted by atomic mass is 10.1. The number of hydrogen-bond acceptors (Lipinski definition) is 9. The Kier molecular flexibility index (Phi) is 19.9. The Balaban J connectivity index is 0.000000344. The smallest absolute Gasteiger partial charge is 0.298 e. The molecule has 0 saturated heterocycles. The number of aromatic nitrogens is 5. The van der Waals surface area contributed by atoms with Crippen molar-refractivity contribution in [3.63, 3.8) is 0 Å². The number of rotatable bonds is 6. The molecule has 0 fully saturated rings. The summed E-state index contributed by atoms with van der Waals surface area (Å²) in [5.41, 5.74) is 4.92. The van der Waals surface area contributed by atoms with E-state index in [1.165, 1.54) is 18.3 Å². The van der Waals surface area contributed by atoms with Gasteiger partial charge in [0, 0.05) is 52.4 Å². The third-order valence-electron chi connectivity index (χ3n) is 5.57. The van der Waals surface area contributed by atoms with Crippen LogP contribution in [0.15, 0.2) is 96.2 Å². The van der Waals surface area contributed by atoms with Crippen LogP contribution in [0.4, 0.5) is 13.2 Å². The second-order valence-corrected chi connectivity index (χ2v) is 10.2. The van der Waals surface area contributed by atoms with Gasteiger partial charge in [0.05, 0.1) is 27.7 Å². The lowest BCUT2D eigenvalue weighted by Gasteiger charge is -2.02. The molecule has 8 nitrogen and oxygen atoms in total. The molecule has 0 aliphatic heterocycles. The molecular formula is C36H38F3N5O3S2. The van der Waals surface area contributed by atoms with Crippen LogP contribution in [0.25, 0.3) is 33.2 Å². The molecule has 6 aromatic heterocycles. The summed E-state index contributed by atoms with van der Waals surface area (Å²) in [5.74, 6) is 0. The molecule has 0 radical (unpaired) electrons. The third-order valence-corrected chi connectivity index (χ3v) is 7.39. The van der Waals surface area contributed by atoms with Gasteiger partial charge in [-0.15, -0.1) is 11.3 Å². The number of nitrogens with one attached hydrogen (secondary N) is 1. The number of carbonyl (C=O) groups excluding carboxylic acids is 3. The molecule has 13 heteroatoms. The van der Waals surface area contributed by atoms with Crippen LogP contribution in [0.5, 0.6) is 0 Å². The molecule has 0 aromatic carbocycles. The van der Waals surface area contributed by atoms with Gasteiger partial charge in [-0.05, 0) is 66.0 Å². The van der Waals surface area contributed by atoms with Gasteiger partial charge in [0.15, 0.2) is 18.9 Å². The molecule has 0 aliphatic carbocycles. The first kappa shape index (κ1) is 41.9. The topological polar surface area (TPSA) is 119 Å². The van der Waals surface area contributed by atoms with Crippen molar-refractivity contribution < 1.29 is 27.6 Å². The Morgan fingerprint density at radius 1 is 0.633 bits per heavy atom. The molecule has 6 rings (SSSR count). The van der Waals surface area contributed by atoms with E-state index in [0.717, 1.165) is 35.6 Å². The normalized spacial score (nSPS) is 9.57. The average Bonchev–Trinajstić information content (AvgIpc) is 3.99. The molecule has 0 aliphatic rings. The first-order valence-corrected chi connectivity index (χ1v) is 17.0. The van der Waals surface area contributed by atoms with E-state index < -0.39 is 11.1 Å². The number of aromatic amines is 1. The lowest BCUT2D eigenvalue weighted by molar-refractivity contribution is -0.134. The molecule has 6 heterocycles. The molecule has 0 bridgehead atoms. The highest BCUT2D eigenvalue weighted by Crippen LogP contribution is 2.38. The van der Waals surface area contributed by atoms with Crippen LogP contribution in [0.2, 0.25) is 0 Å². The van der Waals surface area contributed by atoms with Crippen molar-refractivity contribution >= 4 is 41.5 Å². The van der Waals surface area contributed by atoms with Crippen LogP contribution in [0.3, 0.4) is 0 Å². The van der Waals surface area contributed by atoms with E-state index >= 15 is 0 Å². The number of thiophene rings is 2. The van der Waals surface area contributed by atoms with Gasteiger partial charge in [0.1, 0.15) is 4.88 Å². The van der Waals surface area contributed by atoms with Gasteiger partial charge in [-0.25, -0.2) is 0 Å². The molecule has 258 valence electrons. The van der Waals surface area contributed by atoms with Crippen molar-refractivity contribution in [2.45, 2.75) is 47.7 Å². The quantitative estimate of drug-likeness (QED) is 0.171. The number of aldehydes is 3. The summed E-state index contributed by atoms with van der Waals surface area (Å²) in [4.78, 5) is 43.9. The van der Waals surface area contributed by atoms with Crippen LogP contribution in [0, 0.1) is 0 Å². The maximum absolute atomic E-state index is 12.4. The fourth-order valence-electron chi connectivity index (χ4n) is 3.62. The zero-order valence-corrected chi connectivity index (χ0v) is 29.6. The zero-order chi connectivity index (χ0) is 36.7. The van der Waals surface area contributed by atoms with E-state index in [1.807, 2.05) is 58.4 Å². The Morgan fingerprint density at radius 2 is 1.14 bits per heavy atom. The largest absolute Gasteiger partial charge is 0.425 e. The van der Waals surface area contributed by atoms with E-state index in [2.05, 4.69) is 25.1 Å². The number of nitrogens with zero attached hydrogens (tertiary/aromatic N) is 4. The summed E-state index contributed by atoms with van der Waals surface area (Å²) >= 11 is 2.17. The summed E-state index contributed by atoms with van der Waals surface area (Å²) in [6, 6.07) is 16.1. The lowest BCUT2D eigenvalue weighted by Crippen LogP contribution is -2.00. The average molecular weight is 710 g/mol. The highest BCUT2D eigenvalue weighted by atomic mass is 32.1. The van der Waals surface area contributed by atoms with Crippen LogP contribution in [0.1, 0.15) is 77.5 Å². The molecule has 1 N–H and O–H groups in total. The summed E-state index contributed by atoms with van der Waals surface area (Å²) in [6.07, 6.45) is 4.23. The molecule has 0 saturated carbocycles. The van der Waals surface area contributed by atoms with Crippen molar-refractivity contribution in [2.75, 3.05) is 0 Å². The van der Waals surface area contributed by atoms with Gasteiger partial charge >= 0.3 is 6.18 Å². The summed E-state index contributed by atoms with van der Waals surface area (Å²) in [5, 5.41) is 10.5. The first-order valence-electron chi connectivity index (χ1n) is 15.3. The number of halogens is 3. The minimum Gasteiger partial charge on any atom is -0.298 e. The molecule has 0 spiro atoms. The van der Waals surface area contributed by atoms with E-state index in [4.69, 9.17) is 0 Å². The number of H-pyrrole nitrogens is 1. The summed E-state index contributed by atoms with van der Waals surface area (Å²) in [7, 11) is 0. The Bertz CT molecular complexity index is 1710. The molecule has 0 atom stereocenters. The van der Waals surface area contributed by atoms with Gasteiger partial charge in [-0.3, -0.25) is 34.4 Å². The van der Waals surface area contributed by atoms with Crippen molar-refractivity contribution in [1.82, 2.24) is 25.1 Å². The van der Waals surface area contributed by atoms with Crippen LogP contribution >= 0.6 is 22.7 Å². The van der Waals surface area contributed by atoms with E-state index in [9.17, 15) is 27.6 Å². The third kappa shape index (κ3) is 12.8. The number of pyridine rings is 3. The van der Waals surface area contributed by atoms with Crippen molar-refractivity contribution in [3.05, 3.63) is 118 Å². The SMILES string of the molecule is CC.CC.CC.O=Cc1cccnc1-c1ccc(C(F)(F)F)s1.O=Cc1cccnc1-c1ccn[nH]1.O=Cc1cccnc1-c1ccsc1. The summed E-state index contributed by atoms with van der Waals surface area (Å²) < 4.78 is 37.3. The molecule has 0 unspecified atom stereocenters. The number of hydrogen-bond donors (Lipinski definition) is 1. The van der Waals surface area contributed by atoms with Crippen molar-refractivity contribution in [2.24, 2.45) is 0 Å². The molecule has 49 heavy (non-hydrogen) atoms. The minimum atomic E-state index is -4.36. The van der Waals surface area contributed by atoms with E-state index in [-0.39, 0.29) is 11.3 Å². The second kappa shape index (κ2) is 23.2. The molecule has 0 amide bonds. The fourth-order valence-corrected chi connectivity index (χ4v) is 5.15. The van der Waals surface area contributed by atoms with E-state index in [0.29, 0.717) is 39.3 Å². The van der Waals surface area contributed by atoms with Crippen LogP contribution in [-0.2, 0) is 6.18 Å². The van der Waals surface area contributed by atoms with Gasteiger partial charge in [0.25, 0.3) is 0 Å². The Morgan fingerprint density at radius 3 is 1.59 bits per heavy atom. The van der Waals surface area contributed by atoms with Crippen LogP contribution in [-0.4, -0.2) is 44.0 Å². The second-order valence-electron chi connectivity index (χ2n) is 8.32. The predicted octanol–water partition coefficient (Wildman–Crippen LogP) is 10.6. The number of carbonyl (C=O) groups is 3. The molecule has 6 aromatic rings. The summed E-state index contributed by atoms with van der Waals surface area (Å²) in [6.45, 7) is 12.0. The zero-order valence-electron chi connectivity index (χ0n) is 27.9. The van der Waals surface area contributed by atoms with Gasteiger partial charge < -0.3 is 0 Å². The highest BCUT2D eigenvalue weighted by molar-refractivity contribution is 7.15. The Hall–Kier alpha value is -5.14. The standard InChI is InChI=1S/C11H6F3NOS.C10H7NOS.C9H7N3O.3C2H6/c12-11(13,14)9-4-3-8(17-9)10-7(6-16)2-1-5-15-10;12-6-8-2-1-4-11-10(8)9-3-5-13-7-9;13-6-7-2-1-4-10-9(7)8-3-5-11-12-8;3*1-2/h1-6H;1-7H;1-6H,(H,11,12);3*1-2H3. The number of alkyl halides is 3. The minimum absolute atomic E-state index is 0.281. The van der Waals surface area contributed by atoms with E-state index in [1.54, 1.807) is 66.3 Å². The van der Waals surface area contributed by atoms with Gasteiger partial charge in [-0.1, -0.05) is 41.5 Å². The van der Waals surface area contributed by atoms with Gasteiger partial charge in [0.2, 0.25) is 0 Å². The maximum Gasteiger partial charge on any atom is 0.425 e. The van der Waals surface area contributed by atoms with Crippen LogP contribution < -0.4 is 0 Å². The predicted molar refractivity (Wildman–Crippen MR) is 192 cm³/mol. The monoisotopic (exact) mass is 709 g/mol. The first-order chi connectivity index (χ1) is 23.9. The van der Waals surface area contributed by atoms with Crippen molar-refractivity contribution in [1.29, 1.82) is 0 Å². The van der Waals surface area contributed by atoms with Gasteiger partial charge in [-0.2, -0.15) is 29.6 Å². The maximum atomic E-state index is 12.4. The van der Waals surface area contributed by atoms with Crippen molar-refractivity contribution in [3.8, 4) is 33.2 Å².